The molecular formula is C11H7N5O2S. The summed E-state index contributed by atoms with van der Waals surface area (Å²) in [5.41, 5.74) is 0.957. The van der Waals surface area contributed by atoms with Crippen molar-refractivity contribution in [3.05, 3.63) is 41.8 Å². The Balaban J connectivity index is 2.25. The van der Waals surface area contributed by atoms with Crippen molar-refractivity contribution in [1.82, 2.24) is 25.0 Å². The van der Waals surface area contributed by atoms with Gasteiger partial charge in [-0.25, -0.2) is 9.78 Å². The minimum absolute atomic E-state index is 0.110. The van der Waals surface area contributed by atoms with Gasteiger partial charge in [-0.1, -0.05) is 5.21 Å². The van der Waals surface area contributed by atoms with Crippen LogP contribution in [0, 0.1) is 0 Å². The summed E-state index contributed by atoms with van der Waals surface area (Å²) in [4.78, 5) is 19.3. The van der Waals surface area contributed by atoms with Crippen LogP contribution < -0.4 is 0 Å². The Morgan fingerprint density at radius 2 is 2.05 bits per heavy atom. The highest BCUT2D eigenvalue weighted by atomic mass is 32.1. The van der Waals surface area contributed by atoms with Crippen LogP contribution in [0.3, 0.4) is 0 Å². The van der Waals surface area contributed by atoms with Crippen LogP contribution >= 0.6 is 11.3 Å². The molecule has 19 heavy (non-hydrogen) atoms. The Kier molecular flexibility index (Phi) is 2.76. The lowest BCUT2D eigenvalue weighted by molar-refractivity contribution is 0.0691. The summed E-state index contributed by atoms with van der Waals surface area (Å²) in [5, 5.41) is 19.1. The van der Waals surface area contributed by atoms with Gasteiger partial charge in [-0.15, -0.1) is 16.4 Å². The first kappa shape index (κ1) is 11.5. The van der Waals surface area contributed by atoms with E-state index in [2.05, 4.69) is 20.3 Å². The average Bonchev–Trinajstić information content (AvgIpc) is 3.08. The van der Waals surface area contributed by atoms with Crippen LogP contribution in [0.15, 0.2) is 36.1 Å². The number of nitrogens with zero attached hydrogens (tertiary/aromatic N) is 5. The molecule has 0 aliphatic heterocycles. The van der Waals surface area contributed by atoms with Gasteiger partial charge in [0.25, 0.3) is 0 Å². The third kappa shape index (κ3) is 1.97. The molecule has 0 aliphatic rings. The van der Waals surface area contributed by atoms with Gasteiger partial charge < -0.3 is 5.11 Å². The van der Waals surface area contributed by atoms with E-state index in [1.54, 1.807) is 36.1 Å². The van der Waals surface area contributed by atoms with Crippen molar-refractivity contribution in [2.24, 2.45) is 0 Å². The summed E-state index contributed by atoms with van der Waals surface area (Å²) >= 11 is 1.35. The zero-order valence-electron chi connectivity index (χ0n) is 9.46. The Labute approximate surface area is 111 Å². The van der Waals surface area contributed by atoms with Crippen molar-refractivity contribution in [2.45, 2.75) is 0 Å². The minimum atomic E-state index is -1.13. The fraction of sp³-hybridized carbons (Fsp3) is 0. The normalized spacial score (nSPS) is 10.5. The van der Waals surface area contributed by atoms with Crippen molar-refractivity contribution >= 4 is 17.3 Å². The SMILES string of the molecule is O=C(O)c1nnn(-c2nccs2)c1-c1ccncc1. The quantitative estimate of drug-likeness (QED) is 0.776. The predicted molar refractivity (Wildman–Crippen MR) is 67.2 cm³/mol. The molecule has 3 aromatic rings. The maximum Gasteiger partial charge on any atom is 0.358 e. The standard InChI is InChI=1S/C11H7N5O2S/c17-10(18)8-9(7-1-3-12-4-2-7)16(15-14-8)11-13-5-6-19-11/h1-6H,(H,17,18). The number of carbonyl (C=O) groups is 1. The molecule has 0 aromatic carbocycles. The highest BCUT2D eigenvalue weighted by molar-refractivity contribution is 7.12. The molecule has 3 rings (SSSR count). The summed E-state index contributed by atoms with van der Waals surface area (Å²) in [6.45, 7) is 0. The summed E-state index contributed by atoms with van der Waals surface area (Å²) in [5.74, 6) is -1.13. The van der Waals surface area contributed by atoms with Gasteiger partial charge in [-0.3, -0.25) is 4.98 Å². The molecule has 0 aliphatic carbocycles. The lowest BCUT2D eigenvalue weighted by atomic mass is 10.1. The van der Waals surface area contributed by atoms with Crippen LogP contribution in [0.1, 0.15) is 10.5 Å². The maximum atomic E-state index is 11.2. The van der Waals surface area contributed by atoms with Crippen molar-refractivity contribution in [3.63, 3.8) is 0 Å². The number of carboxylic acid groups (broad SMARTS) is 1. The largest absolute Gasteiger partial charge is 0.476 e. The van der Waals surface area contributed by atoms with E-state index >= 15 is 0 Å². The minimum Gasteiger partial charge on any atom is -0.476 e. The number of carboxylic acids is 1. The Hall–Kier alpha value is -2.61. The van der Waals surface area contributed by atoms with Crippen LogP contribution in [-0.2, 0) is 0 Å². The van der Waals surface area contributed by atoms with E-state index in [-0.39, 0.29) is 5.69 Å². The van der Waals surface area contributed by atoms with Gasteiger partial charge in [-0.2, -0.15) is 4.68 Å². The molecule has 0 fully saturated rings. The fourth-order valence-electron chi connectivity index (χ4n) is 1.65. The third-order valence-corrected chi connectivity index (χ3v) is 3.17. The summed E-state index contributed by atoms with van der Waals surface area (Å²) in [6, 6.07) is 3.41. The highest BCUT2D eigenvalue weighted by Crippen LogP contribution is 2.25. The van der Waals surface area contributed by atoms with E-state index in [0.29, 0.717) is 16.4 Å². The summed E-state index contributed by atoms with van der Waals surface area (Å²) in [7, 11) is 0. The second-order valence-electron chi connectivity index (χ2n) is 3.55. The number of hydrogen-bond donors (Lipinski definition) is 1. The molecule has 0 spiro atoms. The molecule has 3 heterocycles. The van der Waals surface area contributed by atoms with Crippen molar-refractivity contribution in [2.75, 3.05) is 0 Å². The van der Waals surface area contributed by atoms with Crippen LogP contribution in [0.25, 0.3) is 16.4 Å². The predicted octanol–water partition coefficient (Wildman–Crippen LogP) is 1.48. The van der Waals surface area contributed by atoms with Crippen molar-refractivity contribution in [1.29, 1.82) is 0 Å². The zero-order chi connectivity index (χ0) is 13.2. The van der Waals surface area contributed by atoms with Crippen LogP contribution in [0.2, 0.25) is 0 Å². The fourth-order valence-corrected chi connectivity index (χ4v) is 2.24. The number of hydrogen-bond acceptors (Lipinski definition) is 6. The maximum absolute atomic E-state index is 11.2. The smallest absolute Gasteiger partial charge is 0.358 e. The molecule has 0 amide bonds. The molecule has 8 heteroatoms. The van der Waals surface area contributed by atoms with Crippen LogP contribution in [0.4, 0.5) is 0 Å². The molecule has 0 radical (unpaired) electrons. The first-order chi connectivity index (χ1) is 9.27. The molecule has 1 N–H and O–H groups in total. The van der Waals surface area contributed by atoms with E-state index in [1.165, 1.54) is 16.0 Å². The average molecular weight is 273 g/mol. The van der Waals surface area contributed by atoms with E-state index in [9.17, 15) is 9.90 Å². The zero-order valence-corrected chi connectivity index (χ0v) is 10.3. The van der Waals surface area contributed by atoms with Gasteiger partial charge in [0.1, 0.15) is 5.69 Å². The second kappa shape index (κ2) is 4.58. The van der Waals surface area contributed by atoms with E-state index in [4.69, 9.17) is 0 Å². The first-order valence-corrected chi connectivity index (χ1v) is 6.14. The van der Waals surface area contributed by atoms with Crippen molar-refractivity contribution < 1.29 is 9.90 Å². The van der Waals surface area contributed by atoms with Gasteiger partial charge in [0, 0.05) is 29.5 Å². The molecule has 0 unspecified atom stereocenters. The first-order valence-electron chi connectivity index (χ1n) is 5.26. The highest BCUT2D eigenvalue weighted by Gasteiger charge is 2.22. The lowest BCUT2D eigenvalue weighted by Crippen LogP contribution is -2.02. The molecule has 0 bridgehead atoms. The molecular weight excluding hydrogens is 266 g/mol. The van der Waals surface area contributed by atoms with Gasteiger partial charge in [0.2, 0.25) is 5.13 Å². The molecule has 0 saturated carbocycles. The molecule has 3 aromatic heterocycles. The van der Waals surface area contributed by atoms with Gasteiger partial charge in [0.15, 0.2) is 5.69 Å². The monoisotopic (exact) mass is 273 g/mol. The molecule has 0 atom stereocenters. The van der Waals surface area contributed by atoms with Gasteiger partial charge >= 0.3 is 5.97 Å². The van der Waals surface area contributed by atoms with E-state index < -0.39 is 5.97 Å². The van der Waals surface area contributed by atoms with E-state index in [1.807, 2.05) is 0 Å². The van der Waals surface area contributed by atoms with Crippen LogP contribution in [0.5, 0.6) is 0 Å². The third-order valence-electron chi connectivity index (χ3n) is 2.43. The molecule has 94 valence electrons. The van der Waals surface area contributed by atoms with E-state index in [0.717, 1.165) is 0 Å². The number of rotatable bonds is 3. The Bertz CT molecular complexity index is 708. The number of thiazole rings is 1. The van der Waals surface area contributed by atoms with Gasteiger partial charge in [0.05, 0.1) is 0 Å². The number of pyridine rings is 1. The summed E-state index contributed by atoms with van der Waals surface area (Å²) in [6.07, 6.45) is 4.79. The van der Waals surface area contributed by atoms with Crippen molar-refractivity contribution in [3.8, 4) is 16.4 Å². The Morgan fingerprint density at radius 3 is 2.68 bits per heavy atom. The topological polar surface area (TPSA) is 93.8 Å². The number of aromatic nitrogens is 5. The molecule has 0 saturated heterocycles. The Morgan fingerprint density at radius 1 is 1.26 bits per heavy atom. The van der Waals surface area contributed by atoms with Gasteiger partial charge in [-0.05, 0) is 12.1 Å². The lowest BCUT2D eigenvalue weighted by Gasteiger charge is -2.03. The van der Waals surface area contributed by atoms with Crippen LogP contribution in [-0.4, -0.2) is 36.0 Å². The number of aromatic carboxylic acids is 1. The second-order valence-corrected chi connectivity index (χ2v) is 4.43. The summed E-state index contributed by atoms with van der Waals surface area (Å²) < 4.78 is 1.42. The molecule has 7 nitrogen and oxygen atoms in total.